The minimum atomic E-state index is -0.825. The maximum atomic E-state index is 12.3. The minimum absolute atomic E-state index is 0.0373. The molecule has 8 heteroatoms. The van der Waals surface area contributed by atoms with Crippen molar-refractivity contribution in [3.63, 3.8) is 0 Å². The highest BCUT2D eigenvalue weighted by atomic mass is 16.4. The lowest BCUT2D eigenvalue weighted by molar-refractivity contribution is -0.139. The molecule has 1 aliphatic carbocycles. The first-order valence-electron chi connectivity index (χ1n) is 8.76. The fraction of sp³-hybridized carbons (Fsp3) is 0.444. The van der Waals surface area contributed by atoms with E-state index >= 15 is 0 Å². The summed E-state index contributed by atoms with van der Waals surface area (Å²) in [6.07, 6.45) is 3.15. The van der Waals surface area contributed by atoms with Crippen LogP contribution in [0.4, 0.5) is 0 Å². The molecule has 1 aliphatic rings. The molecule has 0 unspecified atom stereocenters. The highest BCUT2D eigenvalue weighted by Gasteiger charge is 2.35. The fourth-order valence-electron chi connectivity index (χ4n) is 3.19. The molecular weight excluding hydrogens is 334 g/mol. The maximum absolute atomic E-state index is 12.3. The van der Waals surface area contributed by atoms with Gasteiger partial charge in [0.1, 0.15) is 0 Å². The van der Waals surface area contributed by atoms with Gasteiger partial charge in [-0.1, -0.05) is 42.5 Å². The zero-order valence-corrected chi connectivity index (χ0v) is 14.7. The highest BCUT2D eigenvalue weighted by Crippen LogP contribution is 2.25. The molecule has 0 atom stereocenters. The van der Waals surface area contributed by atoms with Crippen molar-refractivity contribution in [3.05, 3.63) is 47.8 Å². The van der Waals surface area contributed by atoms with E-state index < -0.39 is 5.97 Å². The number of rotatable bonds is 8. The van der Waals surface area contributed by atoms with Crippen LogP contribution in [0.5, 0.6) is 0 Å². The Balaban J connectivity index is 1.48. The molecule has 1 aromatic carbocycles. The highest BCUT2D eigenvalue weighted by molar-refractivity contribution is 5.92. The summed E-state index contributed by atoms with van der Waals surface area (Å²) in [6.45, 7) is 3.23. The number of carboxylic acids is 1. The second-order valence-corrected chi connectivity index (χ2v) is 6.54. The van der Waals surface area contributed by atoms with Gasteiger partial charge in [0.05, 0.1) is 19.3 Å². The first-order chi connectivity index (χ1) is 12.5. The first-order valence-corrected chi connectivity index (χ1v) is 8.76. The van der Waals surface area contributed by atoms with E-state index in [0.717, 1.165) is 18.4 Å². The van der Waals surface area contributed by atoms with Gasteiger partial charge in [0.2, 0.25) is 0 Å². The van der Waals surface area contributed by atoms with Gasteiger partial charge in [-0.05, 0) is 24.9 Å². The molecule has 1 heterocycles. The molecule has 0 aliphatic heterocycles. The lowest BCUT2D eigenvalue weighted by atomic mass is 9.85. The quantitative estimate of drug-likeness (QED) is 0.731. The van der Waals surface area contributed by atoms with Crippen LogP contribution >= 0.6 is 0 Å². The lowest BCUT2D eigenvalue weighted by Crippen LogP contribution is -2.54. The SMILES string of the molecule is CCN(CC(=O)O)C1CC(NC(=O)c2cn(Cc3ccccc3)nn2)C1. The van der Waals surface area contributed by atoms with Gasteiger partial charge in [-0.3, -0.25) is 14.5 Å². The Morgan fingerprint density at radius 2 is 2.04 bits per heavy atom. The number of carboxylic acid groups (broad SMARTS) is 1. The number of hydrogen-bond donors (Lipinski definition) is 2. The van der Waals surface area contributed by atoms with Gasteiger partial charge >= 0.3 is 5.97 Å². The molecule has 1 saturated carbocycles. The number of carbonyl (C=O) groups is 2. The maximum Gasteiger partial charge on any atom is 0.317 e. The molecule has 0 saturated heterocycles. The van der Waals surface area contributed by atoms with Crippen molar-refractivity contribution in [1.29, 1.82) is 0 Å². The van der Waals surface area contributed by atoms with Gasteiger partial charge in [0.25, 0.3) is 5.91 Å². The van der Waals surface area contributed by atoms with Crippen molar-refractivity contribution in [2.45, 2.75) is 38.4 Å². The molecule has 2 aromatic rings. The fourth-order valence-corrected chi connectivity index (χ4v) is 3.19. The third-order valence-electron chi connectivity index (χ3n) is 4.67. The average Bonchev–Trinajstić information content (AvgIpc) is 3.05. The molecule has 2 N–H and O–H groups in total. The van der Waals surface area contributed by atoms with Crippen molar-refractivity contribution < 1.29 is 14.7 Å². The van der Waals surface area contributed by atoms with Crippen LogP contribution in [0, 0.1) is 0 Å². The number of aromatic nitrogens is 3. The Morgan fingerprint density at radius 3 is 2.69 bits per heavy atom. The number of likely N-dealkylation sites (N-methyl/N-ethyl adjacent to an activating group) is 1. The van der Waals surface area contributed by atoms with Crippen molar-refractivity contribution in [2.75, 3.05) is 13.1 Å². The standard InChI is InChI=1S/C18H23N5O3/c1-2-22(12-17(24)25)15-8-14(9-15)19-18(26)16-11-23(21-20-16)10-13-6-4-3-5-7-13/h3-7,11,14-15H,2,8-10,12H2,1H3,(H,19,26)(H,24,25). The zero-order valence-electron chi connectivity index (χ0n) is 14.7. The molecule has 0 radical (unpaired) electrons. The van der Waals surface area contributed by atoms with Crippen molar-refractivity contribution >= 4 is 11.9 Å². The Morgan fingerprint density at radius 1 is 1.31 bits per heavy atom. The Bertz CT molecular complexity index is 755. The van der Waals surface area contributed by atoms with Crippen LogP contribution in [0.2, 0.25) is 0 Å². The average molecular weight is 357 g/mol. The summed E-state index contributed by atoms with van der Waals surface area (Å²) >= 11 is 0. The number of nitrogens with one attached hydrogen (secondary N) is 1. The number of amides is 1. The van der Waals surface area contributed by atoms with E-state index in [-0.39, 0.29) is 24.5 Å². The number of hydrogen-bond acceptors (Lipinski definition) is 5. The number of nitrogens with zero attached hydrogens (tertiary/aromatic N) is 4. The summed E-state index contributed by atoms with van der Waals surface area (Å²) in [5, 5.41) is 19.8. The van der Waals surface area contributed by atoms with Crippen molar-refractivity contribution in [1.82, 2.24) is 25.2 Å². The van der Waals surface area contributed by atoms with Crippen LogP contribution in [0.15, 0.2) is 36.5 Å². The van der Waals surface area contributed by atoms with Gasteiger partial charge < -0.3 is 10.4 Å². The Kier molecular flexibility index (Phi) is 5.62. The van der Waals surface area contributed by atoms with Crippen LogP contribution in [-0.2, 0) is 11.3 Å². The zero-order chi connectivity index (χ0) is 18.5. The molecule has 0 spiro atoms. The third kappa shape index (κ3) is 4.45. The summed E-state index contributed by atoms with van der Waals surface area (Å²) in [5.74, 6) is -1.07. The van der Waals surface area contributed by atoms with Gasteiger partial charge in [-0.25, -0.2) is 4.68 Å². The smallest absolute Gasteiger partial charge is 0.317 e. The van der Waals surface area contributed by atoms with E-state index in [1.165, 1.54) is 0 Å². The number of aliphatic carboxylic acids is 1. The van der Waals surface area contributed by atoms with E-state index in [0.29, 0.717) is 18.8 Å². The van der Waals surface area contributed by atoms with Crippen LogP contribution in [0.25, 0.3) is 0 Å². The summed E-state index contributed by atoms with van der Waals surface area (Å²) in [6, 6.07) is 10.1. The van der Waals surface area contributed by atoms with Crippen molar-refractivity contribution in [3.8, 4) is 0 Å². The molecule has 138 valence electrons. The van der Waals surface area contributed by atoms with Crippen LogP contribution < -0.4 is 5.32 Å². The summed E-state index contributed by atoms with van der Waals surface area (Å²) in [4.78, 5) is 25.1. The van der Waals surface area contributed by atoms with Crippen LogP contribution in [-0.4, -0.2) is 62.0 Å². The molecule has 26 heavy (non-hydrogen) atoms. The molecule has 1 aromatic heterocycles. The number of carbonyl (C=O) groups excluding carboxylic acids is 1. The topological polar surface area (TPSA) is 100 Å². The summed E-state index contributed by atoms with van der Waals surface area (Å²) < 4.78 is 1.64. The van der Waals surface area contributed by atoms with Gasteiger partial charge in [-0.15, -0.1) is 5.10 Å². The molecular formula is C18H23N5O3. The Labute approximate surface area is 151 Å². The van der Waals surface area contributed by atoms with E-state index in [2.05, 4.69) is 15.6 Å². The number of benzene rings is 1. The predicted molar refractivity (Wildman–Crippen MR) is 94.7 cm³/mol. The summed E-state index contributed by atoms with van der Waals surface area (Å²) in [7, 11) is 0. The van der Waals surface area contributed by atoms with E-state index in [9.17, 15) is 9.59 Å². The normalized spacial score (nSPS) is 19.2. The summed E-state index contributed by atoms with van der Waals surface area (Å²) in [5.41, 5.74) is 1.38. The van der Waals surface area contributed by atoms with Gasteiger partial charge in [0, 0.05) is 12.1 Å². The largest absolute Gasteiger partial charge is 0.480 e. The second kappa shape index (κ2) is 8.09. The first kappa shape index (κ1) is 18.1. The molecule has 1 amide bonds. The second-order valence-electron chi connectivity index (χ2n) is 6.54. The van der Waals surface area contributed by atoms with Gasteiger partial charge in [0.15, 0.2) is 5.69 Å². The Hall–Kier alpha value is -2.74. The minimum Gasteiger partial charge on any atom is -0.480 e. The van der Waals surface area contributed by atoms with E-state index in [1.807, 2.05) is 42.2 Å². The lowest BCUT2D eigenvalue weighted by Gasteiger charge is -2.42. The third-order valence-corrected chi connectivity index (χ3v) is 4.67. The molecule has 8 nitrogen and oxygen atoms in total. The van der Waals surface area contributed by atoms with E-state index in [1.54, 1.807) is 10.9 Å². The van der Waals surface area contributed by atoms with Crippen LogP contribution in [0.3, 0.4) is 0 Å². The van der Waals surface area contributed by atoms with E-state index in [4.69, 9.17) is 5.11 Å². The van der Waals surface area contributed by atoms with Crippen molar-refractivity contribution in [2.24, 2.45) is 0 Å². The molecule has 1 fully saturated rings. The monoisotopic (exact) mass is 357 g/mol. The molecule has 0 bridgehead atoms. The van der Waals surface area contributed by atoms with Gasteiger partial charge in [-0.2, -0.15) is 0 Å². The predicted octanol–water partition coefficient (Wildman–Crippen LogP) is 0.994. The molecule has 3 rings (SSSR count). The van der Waals surface area contributed by atoms with Crippen LogP contribution in [0.1, 0.15) is 35.8 Å².